The van der Waals surface area contributed by atoms with Gasteiger partial charge in [-0.25, -0.2) is 23.3 Å². The van der Waals surface area contributed by atoms with Crippen molar-refractivity contribution in [2.75, 3.05) is 18.5 Å². The number of alkyl halides is 2. The van der Waals surface area contributed by atoms with Crippen LogP contribution in [0.25, 0.3) is 16.8 Å². The van der Waals surface area contributed by atoms with Crippen LogP contribution in [0.3, 0.4) is 0 Å². The fraction of sp³-hybridized carbons (Fsp3) is 0.429. The monoisotopic (exact) mass is 416 g/mol. The van der Waals surface area contributed by atoms with Crippen molar-refractivity contribution >= 4 is 22.9 Å². The molecule has 0 radical (unpaired) electrons. The Balaban J connectivity index is 0.00000272. The Bertz CT molecular complexity index is 1080. The predicted molar refractivity (Wildman–Crippen MR) is 114 cm³/mol. The molecule has 0 aromatic carbocycles. The SMILES string of the molecule is CC1=Nc2ccc(-c3ccn4nc(NCCOC(C)C)ncc34)nc2C1CC(F)F.[HH]. The number of rotatable bonds is 8. The van der Waals surface area contributed by atoms with Crippen molar-refractivity contribution in [2.24, 2.45) is 4.99 Å². The smallest absolute Gasteiger partial charge is 0.241 e. The maximum absolute atomic E-state index is 13.0. The Hall–Kier alpha value is -2.94. The third-order valence-electron chi connectivity index (χ3n) is 4.98. The van der Waals surface area contributed by atoms with Gasteiger partial charge in [-0.1, -0.05) is 0 Å². The molecule has 3 aromatic heterocycles. The van der Waals surface area contributed by atoms with Crippen molar-refractivity contribution in [2.45, 2.75) is 45.6 Å². The van der Waals surface area contributed by atoms with Crippen LogP contribution in [0.4, 0.5) is 20.4 Å². The third kappa shape index (κ3) is 4.16. The molecule has 7 nitrogen and oxygen atoms in total. The lowest BCUT2D eigenvalue weighted by Gasteiger charge is -2.12. The first-order valence-electron chi connectivity index (χ1n) is 9.97. The average Bonchev–Trinajstić information content (AvgIpc) is 3.25. The summed E-state index contributed by atoms with van der Waals surface area (Å²) in [6, 6.07) is 5.59. The zero-order valence-corrected chi connectivity index (χ0v) is 17.1. The third-order valence-corrected chi connectivity index (χ3v) is 4.98. The number of aromatic nitrogens is 4. The largest absolute Gasteiger partial charge is 0.377 e. The Morgan fingerprint density at radius 3 is 2.87 bits per heavy atom. The first kappa shape index (κ1) is 20.3. The van der Waals surface area contributed by atoms with Crippen LogP contribution in [0.15, 0.2) is 35.6 Å². The predicted octanol–water partition coefficient (Wildman–Crippen LogP) is 4.72. The average molecular weight is 416 g/mol. The molecular formula is C21H26F2N6O. The first-order chi connectivity index (χ1) is 14.4. The van der Waals surface area contributed by atoms with E-state index in [0.717, 1.165) is 11.1 Å². The molecule has 0 aliphatic carbocycles. The quantitative estimate of drug-likeness (QED) is 0.538. The topological polar surface area (TPSA) is 76.7 Å². The van der Waals surface area contributed by atoms with E-state index in [1.807, 2.05) is 38.2 Å². The van der Waals surface area contributed by atoms with Crippen molar-refractivity contribution in [3.63, 3.8) is 0 Å². The Morgan fingerprint density at radius 2 is 2.10 bits per heavy atom. The molecule has 9 heteroatoms. The van der Waals surface area contributed by atoms with Gasteiger partial charge in [0.1, 0.15) is 0 Å². The van der Waals surface area contributed by atoms with E-state index < -0.39 is 12.3 Å². The van der Waals surface area contributed by atoms with Gasteiger partial charge in [0.15, 0.2) is 0 Å². The number of anilines is 1. The summed E-state index contributed by atoms with van der Waals surface area (Å²) >= 11 is 0. The Labute approximate surface area is 174 Å². The van der Waals surface area contributed by atoms with Crippen LogP contribution in [-0.4, -0.2) is 51.0 Å². The van der Waals surface area contributed by atoms with Gasteiger partial charge >= 0.3 is 0 Å². The maximum Gasteiger partial charge on any atom is 0.241 e. The first-order valence-corrected chi connectivity index (χ1v) is 9.97. The second-order valence-electron chi connectivity index (χ2n) is 7.52. The fourth-order valence-corrected chi connectivity index (χ4v) is 3.55. The fourth-order valence-electron chi connectivity index (χ4n) is 3.55. The highest BCUT2D eigenvalue weighted by Crippen LogP contribution is 2.39. The van der Waals surface area contributed by atoms with Gasteiger partial charge in [-0.3, -0.25) is 4.99 Å². The van der Waals surface area contributed by atoms with Gasteiger partial charge in [0.2, 0.25) is 12.4 Å². The van der Waals surface area contributed by atoms with E-state index in [0.29, 0.717) is 41.9 Å². The molecule has 4 heterocycles. The second kappa shape index (κ2) is 8.43. The van der Waals surface area contributed by atoms with Crippen LogP contribution < -0.4 is 5.32 Å². The molecule has 30 heavy (non-hydrogen) atoms. The lowest BCUT2D eigenvalue weighted by atomic mass is 9.97. The highest BCUT2D eigenvalue weighted by atomic mass is 19.3. The molecule has 1 atom stereocenters. The van der Waals surface area contributed by atoms with E-state index in [1.165, 1.54) is 0 Å². The van der Waals surface area contributed by atoms with Crippen molar-refractivity contribution in [1.29, 1.82) is 0 Å². The number of halogens is 2. The number of hydrogen-bond donors (Lipinski definition) is 1. The van der Waals surface area contributed by atoms with Crippen LogP contribution >= 0.6 is 0 Å². The van der Waals surface area contributed by atoms with E-state index in [4.69, 9.17) is 4.74 Å². The van der Waals surface area contributed by atoms with Crippen molar-refractivity contribution < 1.29 is 14.9 Å². The van der Waals surface area contributed by atoms with Crippen LogP contribution in [0.5, 0.6) is 0 Å². The minimum Gasteiger partial charge on any atom is -0.377 e. The van der Waals surface area contributed by atoms with Gasteiger partial charge in [-0.2, -0.15) is 0 Å². The van der Waals surface area contributed by atoms with E-state index in [1.54, 1.807) is 17.6 Å². The lowest BCUT2D eigenvalue weighted by molar-refractivity contribution is 0.0869. The summed E-state index contributed by atoms with van der Waals surface area (Å²) in [6.07, 6.45) is 1.05. The molecule has 3 aromatic rings. The molecule has 1 N–H and O–H groups in total. The van der Waals surface area contributed by atoms with Gasteiger partial charge < -0.3 is 10.1 Å². The van der Waals surface area contributed by atoms with E-state index in [9.17, 15) is 8.78 Å². The summed E-state index contributed by atoms with van der Waals surface area (Å²) in [5.41, 5.74) is 4.26. The molecule has 0 saturated carbocycles. The minimum atomic E-state index is -2.41. The molecule has 0 amide bonds. The molecular weight excluding hydrogens is 390 g/mol. The molecule has 0 saturated heterocycles. The summed E-state index contributed by atoms with van der Waals surface area (Å²) in [5, 5.41) is 7.60. The highest BCUT2D eigenvalue weighted by Gasteiger charge is 2.29. The van der Waals surface area contributed by atoms with Gasteiger partial charge in [0.05, 0.1) is 41.5 Å². The summed E-state index contributed by atoms with van der Waals surface area (Å²) in [7, 11) is 0. The molecule has 0 spiro atoms. The maximum atomic E-state index is 13.0. The number of fused-ring (bicyclic) bond motifs is 2. The number of nitrogens with zero attached hydrogens (tertiary/aromatic N) is 5. The zero-order valence-electron chi connectivity index (χ0n) is 17.1. The van der Waals surface area contributed by atoms with Gasteiger partial charge in [0.25, 0.3) is 0 Å². The normalized spacial score (nSPS) is 15.8. The number of ether oxygens (including phenoxy) is 1. The van der Waals surface area contributed by atoms with E-state index in [2.05, 4.69) is 25.4 Å². The number of hydrogen-bond acceptors (Lipinski definition) is 6. The molecule has 1 unspecified atom stereocenters. The van der Waals surface area contributed by atoms with E-state index >= 15 is 0 Å². The number of pyridine rings is 1. The standard InChI is InChI=1S/C21H24F2N6O.H2/c1-12(2)30-9-7-24-21-25-11-18-14(6-8-29(18)28-21)16-4-5-17-20(27-16)15(10-19(22)23)13(3)26-17;/h4-6,8,11-12,15,19H,7,9-10H2,1-3H3,(H,24,28);1H. The molecule has 1 aliphatic heterocycles. The van der Waals surface area contributed by atoms with Crippen LogP contribution in [0, 0.1) is 0 Å². The number of nitrogens with one attached hydrogen (secondary N) is 1. The molecule has 1 aliphatic rings. The van der Waals surface area contributed by atoms with Crippen molar-refractivity contribution in [3.8, 4) is 11.3 Å². The Kier molecular flexibility index (Phi) is 5.72. The van der Waals surface area contributed by atoms with Gasteiger partial charge in [0, 0.05) is 37.8 Å². The van der Waals surface area contributed by atoms with Gasteiger partial charge in [-0.15, -0.1) is 5.10 Å². The van der Waals surface area contributed by atoms with Crippen LogP contribution in [-0.2, 0) is 4.74 Å². The Morgan fingerprint density at radius 1 is 1.27 bits per heavy atom. The van der Waals surface area contributed by atoms with Crippen molar-refractivity contribution in [1.82, 2.24) is 19.6 Å². The van der Waals surface area contributed by atoms with Gasteiger partial charge in [-0.05, 0) is 39.0 Å². The van der Waals surface area contributed by atoms with Crippen LogP contribution in [0.1, 0.15) is 40.2 Å². The summed E-state index contributed by atoms with van der Waals surface area (Å²) in [6.45, 7) is 6.92. The number of aliphatic imine (C=N–C) groups is 1. The van der Waals surface area contributed by atoms with Crippen LogP contribution in [0.2, 0.25) is 0 Å². The molecule has 160 valence electrons. The minimum absolute atomic E-state index is 0. The molecule has 0 fully saturated rings. The molecule has 4 rings (SSSR count). The van der Waals surface area contributed by atoms with Crippen molar-refractivity contribution in [3.05, 3.63) is 36.3 Å². The lowest BCUT2D eigenvalue weighted by Crippen LogP contribution is -2.15. The summed E-state index contributed by atoms with van der Waals surface area (Å²) < 4.78 is 33.2. The second-order valence-corrected chi connectivity index (χ2v) is 7.52. The summed E-state index contributed by atoms with van der Waals surface area (Å²) in [5.74, 6) is 0.0499. The van der Waals surface area contributed by atoms with E-state index in [-0.39, 0.29) is 14.0 Å². The summed E-state index contributed by atoms with van der Waals surface area (Å²) in [4.78, 5) is 13.5. The highest BCUT2D eigenvalue weighted by molar-refractivity contribution is 5.96. The zero-order chi connectivity index (χ0) is 21.3. The molecule has 0 bridgehead atoms.